The molecule has 0 aliphatic rings. The van der Waals surface area contributed by atoms with Gasteiger partial charge < -0.3 is 15.8 Å². The maximum atomic E-state index is 13.3. The molecule has 0 aliphatic heterocycles. The minimum atomic E-state index is -4.50. The number of nitrogens with zero attached hydrogens (tertiary/aromatic N) is 1. The van der Waals surface area contributed by atoms with Gasteiger partial charge in [-0.05, 0) is 43.7 Å². The lowest BCUT2D eigenvalue weighted by Crippen LogP contribution is -2.22. The van der Waals surface area contributed by atoms with Crippen LogP contribution < -0.4 is 15.8 Å². The molecule has 2 aromatic carbocycles. The fourth-order valence-corrected chi connectivity index (χ4v) is 2.18. The molecular formula is C18H20F3N3O. The van der Waals surface area contributed by atoms with Gasteiger partial charge in [0.25, 0.3) is 0 Å². The van der Waals surface area contributed by atoms with E-state index in [-0.39, 0.29) is 29.9 Å². The highest BCUT2D eigenvalue weighted by Gasteiger charge is 2.33. The Bertz CT molecular complexity index is 728. The molecule has 7 heteroatoms. The lowest BCUT2D eigenvalue weighted by molar-refractivity contribution is -0.138. The highest BCUT2D eigenvalue weighted by Crippen LogP contribution is 2.35. The molecule has 0 heterocycles. The van der Waals surface area contributed by atoms with Crippen LogP contribution in [0.1, 0.15) is 25.0 Å². The van der Waals surface area contributed by atoms with Crippen LogP contribution in [0, 0.1) is 0 Å². The third-order valence-electron chi connectivity index (χ3n) is 3.22. The number of nitrogens with two attached hydrogens (primary N) is 1. The molecule has 0 saturated heterocycles. The number of guanidine groups is 1. The van der Waals surface area contributed by atoms with Crippen LogP contribution in [-0.4, -0.2) is 12.1 Å². The van der Waals surface area contributed by atoms with Crippen LogP contribution in [0.25, 0.3) is 0 Å². The molecule has 0 radical (unpaired) electrons. The van der Waals surface area contributed by atoms with Gasteiger partial charge in [0, 0.05) is 5.69 Å². The van der Waals surface area contributed by atoms with Crippen LogP contribution in [-0.2, 0) is 12.7 Å². The van der Waals surface area contributed by atoms with Crippen LogP contribution in [0.3, 0.4) is 0 Å². The lowest BCUT2D eigenvalue weighted by Gasteiger charge is -2.16. The first kappa shape index (κ1) is 18.6. The van der Waals surface area contributed by atoms with E-state index in [0.717, 1.165) is 6.07 Å². The molecule has 3 N–H and O–H groups in total. The summed E-state index contributed by atoms with van der Waals surface area (Å²) in [5.41, 5.74) is 5.70. The summed E-state index contributed by atoms with van der Waals surface area (Å²) in [7, 11) is 0. The van der Waals surface area contributed by atoms with Crippen molar-refractivity contribution < 1.29 is 17.9 Å². The molecule has 134 valence electrons. The molecule has 2 aromatic rings. The number of nitrogens with one attached hydrogen (secondary N) is 1. The van der Waals surface area contributed by atoms with E-state index in [2.05, 4.69) is 10.3 Å². The van der Waals surface area contributed by atoms with Crippen molar-refractivity contribution in [3.63, 3.8) is 0 Å². The standard InChI is InChI=1S/C18H20F3N3O/c1-12(2)25-15-9-8-13(16(10-15)18(19,20)21)11-23-17(22)24-14-6-4-3-5-7-14/h3-10,12H,11H2,1-2H3,(H3,22,23,24). The van der Waals surface area contributed by atoms with Crippen molar-refractivity contribution in [3.05, 3.63) is 59.7 Å². The molecule has 2 rings (SSSR count). The van der Waals surface area contributed by atoms with Crippen molar-refractivity contribution >= 4 is 11.6 Å². The molecule has 0 aromatic heterocycles. The monoisotopic (exact) mass is 351 g/mol. The number of halogens is 3. The normalized spacial score (nSPS) is 12.3. The SMILES string of the molecule is CC(C)Oc1ccc(CN=C(N)Nc2ccccc2)c(C(F)(F)F)c1. The summed E-state index contributed by atoms with van der Waals surface area (Å²) in [6.07, 6.45) is -4.71. The number of para-hydroxylation sites is 1. The van der Waals surface area contributed by atoms with Crippen LogP contribution in [0.2, 0.25) is 0 Å². The van der Waals surface area contributed by atoms with Gasteiger partial charge in [-0.15, -0.1) is 0 Å². The van der Waals surface area contributed by atoms with Crippen molar-refractivity contribution in [2.45, 2.75) is 32.7 Å². The number of anilines is 1. The number of hydrogen-bond donors (Lipinski definition) is 2. The molecule has 0 amide bonds. The zero-order valence-corrected chi connectivity index (χ0v) is 14.0. The molecule has 0 spiro atoms. The minimum Gasteiger partial charge on any atom is -0.491 e. The van der Waals surface area contributed by atoms with Crippen LogP contribution >= 0.6 is 0 Å². The summed E-state index contributed by atoms with van der Waals surface area (Å²) in [4.78, 5) is 4.00. The predicted octanol–water partition coefficient (Wildman–Crippen LogP) is 4.42. The molecule has 0 unspecified atom stereocenters. The van der Waals surface area contributed by atoms with Gasteiger partial charge in [-0.3, -0.25) is 0 Å². The van der Waals surface area contributed by atoms with Crippen molar-refractivity contribution in [1.82, 2.24) is 0 Å². The maximum absolute atomic E-state index is 13.3. The topological polar surface area (TPSA) is 59.6 Å². The van der Waals surface area contributed by atoms with Crippen molar-refractivity contribution in [2.24, 2.45) is 10.7 Å². The van der Waals surface area contributed by atoms with Crippen LogP contribution in [0.5, 0.6) is 5.75 Å². The van der Waals surface area contributed by atoms with Crippen molar-refractivity contribution in [1.29, 1.82) is 0 Å². The number of aliphatic imine (C=N–C) groups is 1. The van der Waals surface area contributed by atoms with E-state index in [9.17, 15) is 13.2 Å². The Hall–Kier alpha value is -2.70. The van der Waals surface area contributed by atoms with E-state index in [1.165, 1.54) is 12.1 Å². The van der Waals surface area contributed by atoms with E-state index in [1.807, 2.05) is 18.2 Å². The summed E-state index contributed by atoms with van der Waals surface area (Å²) < 4.78 is 45.2. The highest BCUT2D eigenvalue weighted by atomic mass is 19.4. The minimum absolute atomic E-state index is 0.0291. The summed E-state index contributed by atoms with van der Waals surface area (Å²) >= 11 is 0. The fourth-order valence-electron chi connectivity index (χ4n) is 2.18. The van der Waals surface area contributed by atoms with Gasteiger partial charge in [-0.1, -0.05) is 24.3 Å². The zero-order chi connectivity index (χ0) is 18.4. The van der Waals surface area contributed by atoms with E-state index >= 15 is 0 Å². The molecule has 0 fully saturated rings. The number of ether oxygens (including phenoxy) is 1. The van der Waals surface area contributed by atoms with Gasteiger partial charge >= 0.3 is 6.18 Å². The van der Waals surface area contributed by atoms with Gasteiger partial charge in [-0.2, -0.15) is 13.2 Å². The van der Waals surface area contributed by atoms with Crippen molar-refractivity contribution in [2.75, 3.05) is 5.32 Å². The fraction of sp³-hybridized carbons (Fsp3) is 0.278. The first-order valence-corrected chi connectivity index (χ1v) is 7.74. The quantitative estimate of drug-likeness (QED) is 0.619. The Balaban J connectivity index is 2.18. The lowest BCUT2D eigenvalue weighted by atomic mass is 10.1. The van der Waals surface area contributed by atoms with E-state index < -0.39 is 11.7 Å². The third kappa shape index (κ3) is 5.70. The first-order chi connectivity index (χ1) is 11.8. The van der Waals surface area contributed by atoms with Crippen LogP contribution in [0.4, 0.5) is 18.9 Å². The second-order valence-corrected chi connectivity index (χ2v) is 5.68. The molecule has 0 saturated carbocycles. The van der Waals surface area contributed by atoms with E-state index in [4.69, 9.17) is 10.5 Å². The summed E-state index contributed by atoms with van der Waals surface area (Å²) in [5.74, 6) is 0.215. The van der Waals surface area contributed by atoms with Gasteiger partial charge in [0.05, 0.1) is 18.2 Å². The van der Waals surface area contributed by atoms with Gasteiger partial charge in [0.1, 0.15) is 5.75 Å². The molecule has 25 heavy (non-hydrogen) atoms. The Kier molecular flexibility index (Phi) is 5.90. The van der Waals surface area contributed by atoms with Gasteiger partial charge in [0.2, 0.25) is 0 Å². The first-order valence-electron chi connectivity index (χ1n) is 7.74. The molecule has 4 nitrogen and oxygen atoms in total. The van der Waals surface area contributed by atoms with Crippen molar-refractivity contribution in [3.8, 4) is 5.75 Å². The van der Waals surface area contributed by atoms with E-state index in [0.29, 0.717) is 5.69 Å². The summed E-state index contributed by atoms with van der Waals surface area (Å²) in [6, 6.07) is 12.9. The smallest absolute Gasteiger partial charge is 0.416 e. The Morgan fingerprint density at radius 2 is 1.84 bits per heavy atom. The number of hydrogen-bond acceptors (Lipinski definition) is 2. The third-order valence-corrected chi connectivity index (χ3v) is 3.22. The summed E-state index contributed by atoms with van der Waals surface area (Å²) in [5, 5.41) is 2.83. The van der Waals surface area contributed by atoms with Crippen LogP contribution in [0.15, 0.2) is 53.5 Å². The molecular weight excluding hydrogens is 331 g/mol. The largest absolute Gasteiger partial charge is 0.491 e. The number of rotatable bonds is 5. The second-order valence-electron chi connectivity index (χ2n) is 5.68. The Morgan fingerprint density at radius 1 is 1.16 bits per heavy atom. The van der Waals surface area contributed by atoms with Gasteiger partial charge in [-0.25, -0.2) is 4.99 Å². The maximum Gasteiger partial charge on any atom is 0.416 e. The average molecular weight is 351 g/mol. The Morgan fingerprint density at radius 3 is 2.44 bits per heavy atom. The summed E-state index contributed by atoms with van der Waals surface area (Å²) in [6.45, 7) is 3.31. The average Bonchev–Trinajstić information content (AvgIpc) is 2.53. The number of benzene rings is 2. The number of alkyl halides is 3. The van der Waals surface area contributed by atoms with E-state index in [1.54, 1.807) is 26.0 Å². The predicted molar refractivity (Wildman–Crippen MR) is 92.6 cm³/mol. The zero-order valence-electron chi connectivity index (χ0n) is 14.0. The molecule has 0 bridgehead atoms. The second kappa shape index (κ2) is 7.92. The van der Waals surface area contributed by atoms with Gasteiger partial charge in [0.15, 0.2) is 5.96 Å². The highest BCUT2D eigenvalue weighted by molar-refractivity contribution is 5.92. The molecule has 0 aliphatic carbocycles. The molecule has 0 atom stereocenters. The Labute approximate surface area is 144 Å².